The first kappa shape index (κ1) is 24.8. The fraction of sp³-hybridized carbons (Fsp3) is 0.250. The molecule has 3 aromatic carbocycles. The number of ether oxygens (including phenoxy) is 2. The second-order valence-electron chi connectivity index (χ2n) is 8.84. The van der Waals surface area contributed by atoms with Crippen LogP contribution in [-0.2, 0) is 11.3 Å². The van der Waals surface area contributed by atoms with Crippen molar-refractivity contribution in [3.05, 3.63) is 83.7 Å². The molecule has 1 aliphatic heterocycles. The summed E-state index contributed by atoms with van der Waals surface area (Å²) in [6.45, 7) is 2.07. The number of aromatic nitrogens is 2. The highest BCUT2D eigenvalue weighted by Crippen LogP contribution is 2.33. The zero-order chi connectivity index (χ0) is 25.6. The minimum atomic E-state index is -0.119. The summed E-state index contributed by atoms with van der Waals surface area (Å²) in [5.41, 5.74) is 1.46. The summed E-state index contributed by atoms with van der Waals surface area (Å²) in [6.07, 6.45) is 1.45. The zero-order valence-electron chi connectivity index (χ0n) is 20.4. The van der Waals surface area contributed by atoms with Gasteiger partial charge in [-0.1, -0.05) is 47.1 Å². The average Bonchev–Trinajstić information content (AvgIpc) is 3.40. The Hall–Kier alpha value is -3.88. The van der Waals surface area contributed by atoms with E-state index in [4.69, 9.17) is 25.6 Å². The number of nitrogens with zero attached hydrogens (tertiary/aromatic N) is 3. The maximum absolute atomic E-state index is 13.1. The summed E-state index contributed by atoms with van der Waals surface area (Å²) in [5.74, 6) is 2.87. The molecule has 2 heterocycles. The van der Waals surface area contributed by atoms with Gasteiger partial charge >= 0.3 is 0 Å². The summed E-state index contributed by atoms with van der Waals surface area (Å²) in [6, 6.07) is 22.2. The second kappa shape index (κ2) is 11.5. The molecule has 1 amide bonds. The number of carbonyl (C=O) groups is 1. The maximum Gasteiger partial charge on any atom is 0.241 e. The molecule has 1 saturated heterocycles. The van der Waals surface area contributed by atoms with Crippen molar-refractivity contribution >= 4 is 23.2 Å². The average molecular weight is 519 g/mol. The number of benzene rings is 3. The molecule has 8 nitrogen and oxygen atoms in total. The van der Waals surface area contributed by atoms with Crippen LogP contribution in [0.3, 0.4) is 0 Å². The van der Waals surface area contributed by atoms with Crippen LogP contribution in [0.4, 0.5) is 5.69 Å². The first-order chi connectivity index (χ1) is 18.1. The highest BCUT2D eigenvalue weighted by Gasteiger charge is 2.27. The zero-order valence-corrected chi connectivity index (χ0v) is 21.1. The number of amides is 1. The Kier molecular flexibility index (Phi) is 7.67. The molecule has 190 valence electrons. The van der Waals surface area contributed by atoms with Gasteiger partial charge in [0.25, 0.3) is 0 Å². The van der Waals surface area contributed by atoms with Crippen LogP contribution in [0.25, 0.3) is 11.4 Å². The predicted octanol–water partition coefficient (Wildman–Crippen LogP) is 6.04. The minimum Gasteiger partial charge on any atom is -0.497 e. The molecule has 1 aliphatic rings. The van der Waals surface area contributed by atoms with Crippen LogP contribution in [0.2, 0.25) is 5.02 Å². The van der Waals surface area contributed by atoms with E-state index in [0.29, 0.717) is 40.5 Å². The number of anilines is 1. The number of carbonyl (C=O) groups excluding carboxylic acids is 1. The topological polar surface area (TPSA) is 89.7 Å². The SMILES string of the molecule is COc1ccc(Oc2ccc(Cl)cc2NC(=O)C2CCN(Cc3nc(-c4ccccc4)no3)CC2)cc1. The highest BCUT2D eigenvalue weighted by atomic mass is 35.5. The Bertz CT molecular complexity index is 1340. The molecule has 0 spiro atoms. The van der Waals surface area contributed by atoms with E-state index in [1.165, 1.54) is 0 Å². The molecule has 0 radical (unpaired) electrons. The van der Waals surface area contributed by atoms with Gasteiger partial charge in [0, 0.05) is 16.5 Å². The van der Waals surface area contributed by atoms with Crippen LogP contribution in [0.5, 0.6) is 17.2 Å². The van der Waals surface area contributed by atoms with Crippen molar-refractivity contribution in [1.29, 1.82) is 0 Å². The molecule has 5 rings (SSSR count). The molecular weight excluding hydrogens is 492 g/mol. The quantitative estimate of drug-likeness (QED) is 0.304. The summed E-state index contributed by atoms with van der Waals surface area (Å²) < 4.78 is 16.6. The van der Waals surface area contributed by atoms with Crippen LogP contribution in [0.1, 0.15) is 18.7 Å². The Labute approximate surface area is 220 Å². The molecule has 0 unspecified atom stereocenters. The van der Waals surface area contributed by atoms with Crippen LogP contribution >= 0.6 is 11.6 Å². The number of likely N-dealkylation sites (tertiary alicyclic amines) is 1. The van der Waals surface area contributed by atoms with Crippen LogP contribution in [-0.4, -0.2) is 41.1 Å². The van der Waals surface area contributed by atoms with Gasteiger partial charge in [-0.3, -0.25) is 9.69 Å². The third-order valence-corrected chi connectivity index (χ3v) is 6.54. The molecule has 0 bridgehead atoms. The van der Waals surface area contributed by atoms with Gasteiger partial charge in [-0.15, -0.1) is 0 Å². The molecule has 4 aromatic rings. The lowest BCUT2D eigenvalue weighted by Gasteiger charge is -2.30. The van der Waals surface area contributed by atoms with Crippen molar-refractivity contribution in [3.8, 4) is 28.6 Å². The maximum atomic E-state index is 13.1. The van der Waals surface area contributed by atoms with Crippen molar-refractivity contribution in [2.45, 2.75) is 19.4 Å². The molecule has 0 aliphatic carbocycles. The van der Waals surface area contributed by atoms with Crippen molar-refractivity contribution in [2.75, 3.05) is 25.5 Å². The third-order valence-electron chi connectivity index (χ3n) is 6.30. The first-order valence-electron chi connectivity index (χ1n) is 12.1. The van der Waals surface area contributed by atoms with Crippen molar-refractivity contribution in [1.82, 2.24) is 15.0 Å². The number of methoxy groups -OCH3 is 1. The number of nitrogens with one attached hydrogen (secondary N) is 1. The monoisotopic (exact) mass is 518 g/mol. The molecule has 0 saturated carbocycles. The van der Waals surface area contributed by atoms with Gasteiger partial charge in [0.15, 0.2) is 5.75 Å². The Morgan fingerprint density at radius 3 is 2.51 bits per heavy atom. The van der Waals surface area contributed by atoms with E-state index in [9.17, 15) is 4.79 Å². The second-order valence-corrected chi connectivity index (χ2v) is 9.27. The summed E-state index contributed by atoms with van der Waals surface area (Å²) in [4.78, 5) is 19.8. The number of hydrogen-bond acceptors (Lipinski definition) is 7. The summed E-state index contributed by atoms with van der Waals surface area (Å²) in [5, 5.41) is 7.62. The van der Waals surface area contributed by atoms with E-state index in [-0.39, 0.29) is 11.8 Å². The molecule has 1 fully saturated rings. The van der Waals surface area contributed by atoms with Gasteiger partial charge in [-0.25, -0.2) is 0 Å². The Morgan fingerprint density at radius 1 is 1.05 bits per heavy atom. The van der Waals surface area contributed by atoms with Gasteiger partial charge in [0.2, 0.25) is 17.6 Å². The fourth-order valence-electron chi connectivity index (χ4n) is 4.26. The molecule has 1 N–H and O–H groups in total. The molecular formula is C28H27ClN4O4. The van der Waals surface area contributed by atoms with Gasteiger partial charge in [0.1, 0.15) is 11.5 Å². The van der Waals surface area contributed by atoms with E-state index in [1.54, 1.807) is 37.4 Å². The van der Waals surface area contributed by atoms with Gasteiger partial charge in [0.05, 0.1) is 19.3 Å². The molecule has 1 aromatic heterocycles. The van der Waals surface area contributed by atoms with Gasteiger partial charge in [-0.05, 0) is 68.4 Å². The van der Waals surface area contributed by atoms with Crippen molar-refractivity contribution in [2.24, 2.45) is 5.92 Å². The lowest BCUT2D eigenvalue weighted by atomic mass is 9.96. The predicted molar refractivity (Wildman–Crippen MR) is 141 cm³/mol. The van der Waals surface area contributed by atoms with Crippen LogP contribution in [0.15, 0.2) is 77.3 Å². The lowest BCUT2D eigenvalue weighted by molar-refractivity contribution is -0.121. The van der Waals surface area contributed by atoms with Gasteiger partial charge < -0.3 is 19.3 Å². The molecule has 0 atom stereocenters. The van der Waals surface area contributed by atoms with Crippen LogP contribution in [0, 0.1) is 5.92 Å². The lowest BCUT2D eigenvalue weighted by Crippen LogP contribution is -2.37. The smallest absolute Gasteiger partial charge is 0.241 e. The van der Waals surface area contributed by atoms with E-state index in [1.807, 2.05) is 42.5 Å². The first-order valence-corrected chi connectivity index (χ1v) is 12.5. The van der Waals surface area contributed by atoms with Crippen LogP contribution < -0.4 is 14.8 Å². The number of rotatable bonds is 8. The number of halogens is 1. The Balaban J connectivity index is 1.17. The van der Waals surface area contributed by atoms with E-state index >= 15 is 0 Å². The van der Waals surface area contributed by atoms with E-state index in [2.05, 4.69) is 20.4 Å². The van der Waals surface area contributed by atoms with Crippen molar-refractivity contribution < 1.29 is 18.8 Å². The summed E-state index contributed by atoms with van der Waals surface area (Å²) in [7, 11) is 1.61. The normalized spacial score (nSPS) is 14.3. The Morgan fingerprint density at radius 2 is 1.78 bits per heavy atom. The summed E-state index contributed by atoms with van der Waals surface area (Å²) >= 11 is 6.22. The largest absolute Gasteiger partial charge is 0.497 e. The van der Waals surface area contributed by atoms with E-state index in [0.717, 1.165) is 37.2 Å². The third kappa shape index (κ3) is 6.28. The molecule has 9 heteroatoms. The molecule has 37 heavy (non-hydrogen) atoms. The standard InChI is InChI=1S/C28H27ClN4O4/c1-35-22-8-10-23(11-9-22)36-25-12-7-21(29)17-24(25)30-28(34)20-13-15-33(16-14-20)18-26-31-27(32-37-26)19-5-3-2-4-6-19/h2-12,17,20H,13-16,18H2,1H3,(H,30,34). The number of hydrogen-bond donors (Lipinski definition) is 1. The highest BCUT2D eigenvalue weighted by molar-refractivity contribution is 6.31. The number of piperidine rings is 1. The van der Waals surface area contributed by atoms with Gasteiger partial charge in [-0.2, -0.15) is 4.98 Å². The van der Waals surface area contributed by atoms with Crippen molar-refractivity contribution in [3.63, 3.8) is 0 Å². The van der Waals surface area contributed by atoms with E-state index < -0.39 is 0 Å². The fourth-order valence-corrected chi connectivity index (χ4v) is 4.43. The minimum absolute atomic E-state index is 0.0503.